The minimum Gasteiger partial charge on any atom is -0.862 e. The molecule has 0 saturated heterocycles. The minimum absolute atomic E-state index is 0.139. The van der Waals surface area contributed by atoms with Gasteiger partial charge in [-0.05, 0) is 18.7 Å². The molecule has 0 aliphatic heterocycles. The molecule has 0 aromatic heterocycles. The molecule has 0 rings (SSSR count). The first-order valence-corrected chi connectivity index (χ1v) is 8.35. The van der Waals surface area contributed by atoms with Crippen LogP contribution in [0.25, 0.3) is 0 Å². The Morgan fingerprint density at radius 2 is 1.29 bits per heavy atom. The summed E-state index contributed by atoms with van der Waals surface area (Å²) in [5.74, 6) is -0.409. The standard InChI is InChI=1S/C12H25NO.C4H11NO2/c1-2-3-4-5-6-7-8-9-10-11-12(13)14;6-3-1-5-2-4-7/h2-11H2,1H3,(H2,13,14);5-7H,1-4H2/p-1. The van der Waals surface area contributed by atoms with Gasteiger partial charge in [0.05, 0.1) is 13.2 Å². The normalized spacial score (nSPS) is 10.0. The number of hydrogen-bond donors (Lipinski definition) is 4. The lowest BCUT2D eigenvalue weighted by Gasteiger charge is -2.05. The highest BCUT2D eigenvalue weighted by atomic mass is 16.3. The molecule has 0 unspecified atom stereocenters. The van der Waals surface area contributed by atoms with E-state index in [4.69, 9.17) is 15.6 Å². The Balaban J connectivity index is 0. The van der Waals surface area contributed by atoms with E-state index in [1.165, 1.54) is 44.9 Å². The van der Waals surface area contributed by atoms with Crippen LogP contribution < -0.4 is 10.4 Å². The van der Waals surface area contributed by atoms with Gasteiger partial charge in [0.1, 0.15) is 0 Å². The number of aliphatic hydroxyl groups is 2. The SMILES string of the molecule is CCCCCCCCCCCC(=N)[O-].OCCNCCO. The fourth-order valence-corrected chi connectivity index (χ4v) is 1.88. The van der Waals surface area contributed by atoms with Crippen molar-refractivity contribution in [3.63, 3.8) is 0 Å². The predicted octanol–water partition coefficient (Wildman–Crippen LogP) is 1.81. The molecule has 0 aromatic carbocycles. The molecular formula is C16H35N2O3-. The van der Waals surface area contributed by atoms with Crippen LogP contribution in [0.4, 0.5) is 0 Å². The third kappa shape index (κ3) is 28.3. The Kier molecular flexibility index (Phi) is 23.3. The molecule has 0 aromatic rings. The summed E-state index contributed by atoms with van der Waals surface area (Å²) in [5.41, 5.74) is 0. The van der Waals surface area contributed by atoms with Crippen molar-refractivity contribution in [2.45, 2.75) is 71.1 Å². The van der Waals surface area contributed by atoms with Crippen molar-refractivity contribution < 1.29 is 15.3 Å². The first kappa shape index (κ1) is 22.6. The minimum atomic E-state index is -0.409. The Morgan fingerprint density at radius 1 is 0.857 bits per heavy atom. The number of rotatable bonds is 14. The number of hydrogen-bond acceptors (Lipinski definition) is 5. The maximum atomic E-state index is 10.3. The van der Waals surface area contributed by atoms with E-state index >= 15 is 0 Å². The van der Waals surface area contributed by atoms with Crippen LogP contribution >= 0.6 is 0 Å². The van der Waals surface area contributed by atoms with Crippen molar-refractivity contribution in [2.75, 3.05) is 26.3 Å². The molecule has 0 aliphatic rings. The van der Waals surface area contributed by atoms with Gasteiger partial charge >= 0.3 is 0 Å². The molecule has 5 nitrogen and oxygen atoms in total. The van der Waals surface area contributed by atoms with Gasteiger partial charge in [0, 0.05) is 13.1 Å². The van der Waals surface area contributed by atoms with Gasteiger partial charge in [0.15, 0.2) is 0 Å². The van der Waals surface area contributed by atoms with E-state index in [1.807, 2.05) is 0 Å². The molecule has 0 heterocycles. The predicted molar refractivity (Wildman–Crippen MR) is 86.6 cm³/mol. The van der Waals surface area contributed by atoms with Gasteiger partial charge < -0.3 is 26.0 Å². The maximum Gasteiger partial charge on any atom is 0.0555 e. The molecule has 0 fully saturated rings. The monoisotopic (exact) mass is 303 g/mol. The van der Waals surface area contributed by atoms with Crippen LogP contribution in [0.15, 0.2) is 0 Å². The number of nitrogens with one attached hydrogen (secondary N) is 2. The summed E-state index contributed by atoms with van der Waals surface area (Å²) in [7, 11) is 0. The van der Waals surface area contributed by atoms with E-state index in [-0.39, 0.29) is 13.2 Å². The van der Waals surface area contributed by atoms with Gasteiger partial charge in [0.25, 0.3) is 0 Å². The lowest BCUT2D eigenvalue weighted by molar-refractivity contribution is -0.220. The Hall–Kier alpha value is -0.650. The van der Waals surface area contributed by atoms with Gasteiger partial charge in [-0.2, -0.15) is 0 Å². The zero-order valence-corrected chi connectivity index (χ0v) is 13.7. The first-order chi connectivity index (χ1) is 10.2. The zero-order chi connectivity index (χ0) is 16.2. The molecule has 21 heavy (non-hydrogen) atoms. The van der Waals surface area contributed by atoms with Gasteiger partial charge in [-0.3, -0.25) is 0 Å². The number of unbranched alkanes of at least 4 members (excludes halogenated alkanes) is 8. The second-order valence-electron chi connectivity index (χ2n) is 5.20. The summed E-state index contributed by atoms with van der Waals surface area (Å²) < 4.78 is 0. The highest BCUT2D eigenvalue weighted by Crippen LogP contribution is 2.10. The Labute approximate surface area is 130 Å². The fourth-order valence-electron chi connectivity index (χ4n) is 1.88. The van der Waals surface area contributed by atoms with Crippen LogP contribution in [-0.4, -0.2) is 42.4 Å². The Bertz CT molecular complexity index is 198. The molecular weight excluding hydrogens is 268 g/mol. The summed E-state index contributed by atoms with van der Waals surface area (Å²) in [6.45, 7) is 3.65. The second kappa shape index (κ2) is 21.6. The molecule has 0 aliphatic carbocycles. The van der Waals surface area contributed by atoms with Crippen molar-refractivity contribution >= 4 is 5.90 Å². The molecule has 0 amide bonds. The summed E-state index contributed by atoms with van der Waals surface area (Å²) >= 11 is 0. The van der Waals surface area contributed by atoms with Gasteiger partial charge in [0.2, 0.25) is 0 Å². The topological polar surface area (TPSA) is 99.4 Å². The highest BCUT2D eigenvalue weighted by molar-refractivity contribution is 5.67. The van der Waals surface area contributed by atoms with Gasteiger partial charge in [-0.15, -0.1) is 0 Å². The maximum absolute atomic E-state index is 10.3. The molecule has 0 spiro atoms. The average molecular weight is 303 g/mol. The molecule has 5 heteroatoms. The van der Waals surface area contributed by atoms with Crippen molar-refractivity contribution in [1.29, 1.82) is 5.41 Å². The lowest BCUT2D eigenvalue weighted by atomic mass is 10.1. The summed E-state index contributed by atoms with van der Waals surface area (Å²) in [6, 6.07) is 0. The quantitative estimate of drug-likeness (QED) is 0.223. The first-order valence-electron chi connectivity index (χ1n) is 8.35. The van der Waals surface area contributed by atoms with Gasteiger partial charge in [-0.1, -0.05) is 58.3 Å². The van der Waals surface area contributed by atoms with Crippen LogP contribution in [0.3, 0.4) is 0 Å². The van der Waals surface area contributed by atoms with Crippen molar-refractivity contribution in [3.05, 3.63) is 0 Å². The van der Waals surface area contributed by atoms with E-state index in [0.29, 0.717) is 19.5 Å². The molecule has 128 valence electrons. The molecule has 0 radical (unpaired) electrons. The highest BCUT2D eigenvalue weighted by Gasteiger charge is 1.91. The molecule has 4 N–H and O–H groups in total. The van der Waals surface area contributed by atoms with E-state index in [1.54, 1.807) is 0 Å². The summed E-state index contributed by atoms with van der Waals surface area (Å²) in [6.07, 6.45) is 11.8. The van der Waals surface area contributed by atoms with Crippen molar-refractivity contribution in [1.82, 2.24) is 5.32 Å². The average Bonchev–Trinajstić information content (AvgIpc) is 2.46. The van der Waals surface area contributed by atoms with Crippen LogP contribution in [0, 0.1) is 5.41 Å². The third-order valence-electron chi connectivity index (χ3n) is 3.08. The van der Waals surface area contributed by atoms with E-state index < -0.39 is 5.90 Å². The van der Waals surface area contributed by atoms with Crippen LogP contribution in [-0.2, 0) is 0 Å². The summed E-state index contributed by atoms with van der Waals surface area (Å²) in [4.78, 5) is 0. The van der Waals surface area contributed by atoms with Crippen LogP contribution in [0.2, 0.25) is 0 Å². The van der Waals surface area contributed by atoms with Crippen molar-refractivity contribution in [2.24, 2.45) is 0 Å². The van der Waals surface area contributed by atoms with Gasteiger partial charge in [-0.25, -0.2) is 0 Å². The second-order valence-corrected chi connectivity index (χ2v) is 5.20. The zero-order valence-electron chi connectivity index (χ0n) is 13.7. The molecule has 0 saturated carbocycles. The molecule has 0 bridgehead atoms. The number of aliphatic hydroxyl groups excluding tert-OH is 2. The fraction of sp³-hybridized carbons (Fsp3) is 0.938. The van der Waals surface area contributed by atoms with Crippen LogP contribution in [0.1, 0.15) is 71.1 Å². The summed E-state index contributed by atoms with van der Waals surface area (Å²) in [5, 5.41) is 36.1. The van der Waals surface area contributed by atoms with E-state index in [2.05, 4.69) is 12.2 Å². The van der Waals surface area contributed by atoms with Crippen molar-refractivity contribution in [3.8, 4) is 0 Å². The largest absolute Gasteiger partial charge is 0.862 e. The lowest BCUT2D eigenvalue weighted by Crippen LogP contribution is -2.21. The van der Waals surface area contributed by atoms with Crippen LogP contribution in [0.5, 0.6) is 0 Å². The van der Waals surface area contributed by atoms with E-state index in [0.717, 1.165) is 12.8 Å². The van der Waals surface area contributed by atoms with E-state index in [9.17, 15) is 5.11 Å². The Morgan fingerprint density at radius 3 is 1.67 bits per heavy atom. The third-order valence-corrected chi connectivity index (χ3v) is 3.08. The molecule has 0 atom stereocenters. The smallest absolute Gasteiger partial charge is 0.0555 e.